The maximum atomic E-state index is 11.3. The lowest BCUT2D eigenvalue weighted by Crippen LogP contribution is -2.28. The van der Waals surface area contributed by atoms with Crippen molar-refractivity contribution in [2.75, 3.05) is 0 Å². The Labute approximate surface area is 88.2 Å². The number of alkyl halides is 1. The number of ether oxygens (including phenoxy) is 1. The average molecular weight is 247 g/mol. The molecule has 0 N–H and O–H groups in total. The van der Waals surface area contributed by atoms with Crippen molar-refractivity contribution in [3.05, 3.63) is 0 Å². The van der Waals surface area contributed by atoms with Gasteiger partial charge in [-0.15, -0.1) is 0 Å². The van der Waals surface area contributed by atoms with Crippen LogP contribution < -0.4 is 0 Å². The van der Waals surface area contributed by atoms with Crippen molar-refractivity contribution in [1.82, 2.24) is 0 Å². The van der Waals surface area contributed by atoms with Crippen LogP contribution in [0.1, 0.15) is 40.0 Å². The molecule has 0 aliphatic heterocycles. The van der Waals surface area contributed by atoms with Gasteiger partial charge in [0, 0.05) is 6.42 Å². The molecule has 0 aromatic carbocycles. The van der Waals surface area contributed by atoms with Gasteiger partial charge in [-0.1, -0.05) is 35.7 Å². The van der Waals surface area contributed by atoms with E-state index < -0.39 is 4.32 Å². The molecule has 1 unspecified atom stereocenters. The van der Waals surface area contributed by atoms with Crippen LogP contribution in [0.3, 0.4) is 0 Å². The van der Waals surface area contributed by atoms with Crippen molar-refractivity contribution in [2.24, 2.45) is 0 Å². The van der Waals surface area contributed by atoms with Crippen LogP contribution in [-0.2, 0) is 9.53 Å². The molecule has 74 valence electrons. The molecule has 1 atom stereocenters. The number of esters is 1. The lowest BCUT2D eigenvalue weighted by Gasteiger charge is -2.14. The van der Waals surface area contributed by atoms with E-state index in [1.807, 2.05) is 13.8 Å². The molecular weight excluding hydrogens is 232 g/mol. The molecule has 0 amide bonds. The molecule has 0 aromatic rings. The van der Waals surface area contributed by atoms with Crippen LogP contribution in [0.5, 0.6) is 0 Å². The summed E-state index contributed by atoms with van der Waals surface area (Å²) in [6.07, 6.45) is 4.82. The standard InChI is InChI=1S/C10H15BrO2/c1-4-6-7-8-13-9(12)10(3,11)5-2/h4-6H2,1-3H3. The maximum absolute atomic E-state index is 11.3. The first-order valence-electron chi connectivity index (χ1n) is 4.42. The van der Waals surface area contributed by atoms with E-state index in [1.54, 1.807) is 6.92 Å². The van der Waals surface area contributed by atoms with Gasteiger partial charge in [-0.2, -0.15) is 0 Å². The first-order chi connectivity index (χ1) is 6.04. The Balaban J connectivity index is 3.96. The summed E-state index contributed by atoms with van der Waals surface area (Å²) in [5, 5.41) is 0. The van der Waals surface area contributed by atoms with Gasteiger partial charge in [-0.25, -0.2) is 4.79 Å². The molecular formula is C10H15BrO2. The zero-order chi connectivity index (χ0) is 10.3. The Hall–Kier alpha value is -0.490. The molecule has 0 fully saturated rings. The second-order valence-corrected chi connectivity index (χ2v) is 4.72. The number of unbranched alkanes of at least 4 members (excludes halogenated alkanes) is 1. The molecule has 0 heterocycles. The molecule has 0 rings (SSSR count). The molecule has 0 radical (unpaired) electrons. The highest BCUT2D eigenvalue weighted by Crippen LogP contribution is 2.22. The summed E-state index contributed by atoms with van der Waals surface area (Å²) < 4.78 is 4.15. The van der Waals surface area contributed by atoms with Gasteiger partial charge in [0.15, 0.2) is 0 Å². The highest BCUT2D eigenvalue weighted by Gasteiger charge is 2.29. The largest absolute Gasteiger partial charge is 0.371 e. The minimum absolute atomic E-state index is 0.321. The van der Waals surface area contributed by atoms with E-state index in [0.717, 1.165) is 12.8 Å². The van der Waals surface area contributed by atoms with E-state index >= 15 is 0 Å². The molecule has 0 saturated heterocycles. The fourth-order valence-electron chi connectivity index (χ4n) is 0.509. The summed E-state index contributed by atoms with van der Waals surface area (Å²) in [5.41, 5.74) is 0. The van der Waals surface area contributed by atoms with Gasteiger partial charge in [0.05, 0.1) is 0 Å². The molecule has 13 heavy (non-hydrogen) atoms. The minimum Gasteiger partial charge on any atom is -0.371 e. The van der Waals surface area contributed by atoms with Crippen LogP contribution in [0.15, 0.2) is 0 Å². The molecule has 2 nitrogen and oxygen atoms in total. The summed E-state index contributed by atoms with van der Waals surface area (Å²) in [6.45, 7) is 5.71. The third kappa shape index (κ3) is 4.94. The maximum Gasteiger partial charge on any atom is 0.336 e. The monoisotopic (exact) mass is 246 g/mol. The van der Waals surface area contributed by atoms with Crippen molar-refractivity contribution in [2.45, 2.75) is 44.4 Å². The van der Waals surface area contributed by atoms with E-state index in [1.165, 1.54) is 0 Å². The molecule has 0 bridgehead atoms. The summed E-state index contributed by atoms with van der Waals surface area (Å²) >= 11 is 3.27. The topological polar surface area (TPSA) is 26.3 Å². The lowest BCUT2D eigenvalue weighted by molar-refractivity contribution is -0.139. The van der Waals surface area contributed by atoms with E-state index in [0.29, 0.717) is 6.42 Å². The van der Waals surface area contributed by atoms with E-state index in [-0.39, 0.29) is 5.97 Å². The number of rotatable bonds is 3. The molecule has 0 saturated carbocycles. The van der Waals surface area contributed by atoms with Gasteiger partial charge in [-0.3, -0.25) is 0 Å². The van der Waals surface area contributed by atoms with Crippen LogP contribution in [0.4, 0.5) is 0 Å². The summed E-state index contributed by atoms with van der Waals surface area (Å²) in [6, 6.07) is 0. The third-order valence-electron chi connectivity index (χ3n) is 1.68. The molecule has 0 aliphatic rings. The first kappa shape index (κ1) is 12.5. The highest BCUT2D eigenvalue weighted by atomic mass is 79.9. The van der Waals surface area contributed by atoms with Crippen LogP contribution in [-0.4, -0.2) is 10.3 Å². The quantitative estimate of drug-likeness (QED) is 0.435. The SMILES string of the molecule is CCCC#COC(=O)C(C)(Br)CC. The second-order valence-electron chi connectivity index (χ2n) is 2.97. The minimum atomic E-state index is -0.603. The molecule has 0 aliphatic carbocycles. The van der Waals surface area contributed by atoms with Gasteiger partial charge in [0.2, 0.25) is 0 Å². The van der Waals surface area contributed by atoms with Gasteiger partial charge in [0.1, 0.15) is 10.4 Å². The summed E-state index contributed by atoms with van der Waals surface area (Å²) in [7, 11) is 0. The number of hydrogen-bond donors (Lipinski definition) is 0. The second kappa shape index (κ2) is 6.04. The van der Waals surface area contributed by atoms with Crippen molar-refractivity contribution in [3.63, 3.8) is 0 Å². The van der Waals surface area contributed by atoms with Crippen LogP contribution in [0.2, 0.25) is 0 Å². The Kier molecular flexibility index (Phi) is 5.81. The zero-order valence-electron chi connectivity index (χ0n) is 8.32. The van der Waals surface area contributed by atoms with Crippen molar-refractivity contribution in [1.29, 1.82) is 0 Å². The van der Waals surface area contributed by atoms with Gasteiger partial charge in [0.25, 0.3) is 0 Å². The number of halogens is 1. The smallest absolute Gasteiger partial charge is 0.336 e. The molecule has 3 heteroatoms. The highest BCUT2D eigenvalue weighted by molar-refractivity contribution is 9.10. The summed E-state index contributed by atoms with van der Waals surface area (Å²) in [5.74, 6) is 2.43. The first-order valence-corrected chi connectivity index (χ1v) is 5.22. The Morgan fingerprint density at radius 1 is 1.54 bits per heavy atom. The Bertz CT molecular complexity index is 223. The van der Waals surface area contributed by atoms with E-state index in [9.17, 15) is 4.79 Å². The number of hydrogen-bond acceptors (Lipinski definition) is 2. The average Bonchev–Trinajstić information content (AvgIpc) is 2.12. The van der Waals surface area contributed by atoms with Gasteiger partial charge in [-0.05, 0) is 19.8 Å². The van der Waals surface area contributed by atoms with E-state index in [2.05, 4.69) is 28.0 Å². The van der Waals surface area contributed by atoms with Crippen LogP contribution >= 0.6 is 15.9 Å². The van der Waals surface area contributed by atoms with Gasteiger partial charge >= 0.3 is 5.97 Å². The summed E-state index contributed by atoms with van der Waals surface area (Å²) in [4.78, 5) is 11.3. The predicted octanol–water partition coefficient (Wildman–Crippen LogP) is 2.85. The fraction of sp³-hybridized carbons (Fsp3) is 0.700. The lowest BCUT2D eigenvalue weighted by atomic mass is 10.1. The number of carbonyl (C=O) groups is 1. The van der Waals surface area contributed by atoms with Crippen molar-refractivity contribution >= 4 is 21.9 Å². The normalized spacial score (nSPS) is 13.8. The Morgan fingerprint density at radius 2 is 2.15 bits per heavy atom. The van der Waals surface area contributed by atoms with Crippen molar-refractivity contribution in [3.8, 4) is 12.0 Å². The number of carbonyl (C=O) groups excluding carboxylic acids is 1. The van der Waals surface area contributed by atoms with E-state index in [4.69, 9.17) is 4.74 Å². The Morgan fingerprint density at radius 3 is 2.62 bits per heavy atom. The van der Waals surface area contributed by atoms with Crippen LogP contribution in [0.25, 0.3) is 0 Å². The fourth-order valence-corrected chi connectivity index (χ4v) is 0.590. The third-order valence-corrected chi connectivity index (χ3v) is 2.56. The van der Waals surface area contributed by atoms with Crippen LogP contribution in [0, 0.1) is 12.0 Å². The zero-order valence-corrected chi connectivity index (χ0v) is 9.90. The van der Waals surface area contributed by atoms with Crippen molar-refractivity contribution < 1.29 is 9.53 Å². The predicted molar refractivity (Wildman–Crippen MR) is 56.4 cm³/mol. The van der Waals surface area contributed by atoms with Gasteiger partial charge < -0.3 is 4.74 Å². The molecule has 0 aromatic heterocycles. The molecule has 0 spiro atoms.